The van der Waals surface area contributed by atoms with E-state index in [-0.39, 0.29) is 6.04 Å². The van der Waals surface area contributed by atoms with E-state index in [1.165, 1.54) is 6.42 Å². The largest absolute Gasteiger partial charge is 0.508 e. The minimum absolute atomic E-state index is 0.285. The van der Waals surface area contributed by atoms with Crippen molar-refractivity contribution in [2.45, 2.75) is 32.4 Å². The summed E-state index contributed by atoms with van der Waals surface area (Å²) >= 11 is 0. The Morgan fingerprint density at radius 2 is 2.29 bits per heavy atom. The number of aromatic hydroxyl groups is 1. The van der Waals surface area contributed by atoms with Gasteiger partial charge in [0.15, 0.2) is 0 Å². The normalized spacial score (nSPS) is 26.7. The zero-order valence-electron chi connectivity index (χ0n) is 10.6. The van der Waals surface area contributed by atoms with Crippen molar-refractivity contribution in [3.8, 4) is 5.75 Å². The molecule has 3 unspecified atom stereocenters. The predicted molar refractivity (Wildman–Crippen MR) is 70.1 cm³/mol. The lowest BCUT2D eigenvalue weighted by atomic mass is 9.94. The summed E-state index contributed by atoms with van der Waals surface area (Å²) in [5, 5.41) is 16.5. The summed E-state index contributed by atoms with van der Waals surface area (Å²) in [5.74, 6) is 0.998. The molecule has 2 rings (SSSR count). The number of phenolic OH excluding ortho intramolecular Hbond substituents is 1. The molecule has 0 spiro atoms. The Morgan fingerprint density at radius 1 is 1.47 bits per heavy atom. The Kier molecular flexibility index (Phi) is 4.02. The highest BCUT2D eigenvalue weighted by Crippen LogP contribution is 2.20. The molecule has 0 bridgehead atoms. The van der Waals surface area contributed by atoms with Crippen LogP contribution < -0.4 is 10.6 Å². The molecule has 0 radical (unpaired) electrons. The third-order valence-corrected chi connectivity index (χ3v) is 3.62. The van der Waals surface area contributed by atoms with Gasteiger partial charge in [-0.3, -0.25) is 0 Å². The fraction of sp³-hybridized carbons (Fsp3) is 0.571. The van der Waals surface area contributed by atoms with Crippen LogP contribution in [0.5, 0.6) is 5.75 Å². The summed E-state index contributed by atoms with van der Waals surface area (Å²) in [6.45, 7) is 6.61. The van der Waals surface area contributed by atoms with Gasteiger partial charge in [0.1, 0.15) is 5.75 Å². The van der Waals surface area contributed by atoms with Crippen LogP contribution in [0.25, 0.3) is 0 Å². The Labute approximate surface area is 103 Å². The molecular formula is C14H22N2O. The molecule has 3 atom stereocenters. The molecule has 0 aromatic heterocycles. The molecule has 1 fully saturated rings. The summed E-state index contributed by atoms with van der Waals surface area (Å²) in [4.78, 5) is 0. The Morgan fingerprint density at radius 3 is 3.00 bits per heavy atom. The lowest BCUT2D eigenvalue weighted by Crippen LogP contribution is -2.47. The van der Waals surface area contributed by atoms with Gasteiger partial charge in [0.2, 0.25) is 0 Å². The van der Waals surface area contributed by atoms with E-state index in [9.17, 15) is 5.11 Å². The molecule has 1 aliphatic heterocycles. The fourth-order valence-corrected chi connectivity index (χ4v) is 2.47. The van der Waals surface area contributed by atoms with Gasteiger partial charge in [0, 0.05) is 12.1 Å². The molecule has 1 aliphatic rings. The van der Waals surface area contributed by atoms with Gasteiger partial charge in [-0.15, -0.1) is 0 Å². The van der Waals surface area contributed by atoms with Crippen molar-refractivity contribution in [2.24, 2.45) is 5.92 Å². The van der Waals surface area contributed by atoms with Gasteiger partial charge >= 0.3 is 0 Å². The summed E-state index contributed by atoms with van der Waals surface area (Å²) in [7, 11) is 0. The number of piperidine rings is 1. The topological polar surface area (TPSA) is 44.3 Å². The van der Waals surface area contributed by atoms with Crippen LogP contribution in [0, 0.1) is 5.92 Å². The summed E-state index contributed by atoms with van der Waals surface area (Å²) in [5.41, 5.74) is 1.15. The van der Waals surface area contributed by atoms with Crippen molar-refractivity contribution in [3.63, 3.8) is 0 Å². The first-order valence-electron chi connectivity index (χ1n) is 6.42. The number of phenols is 1. The number of nitrogens with one attached hydrogen (secondary N) is 2. The second-order valence-electron chi connectivity index (χ2n) is 5.06. The highest BCUT2D eigenvalue weighted by atomic mass is 16.3. The maximum absolute atomic E-state index is 9.48. The van der Waals surface area contributed by atoms with Crippen molar-refractivity contribution in [3.05, 3.63) is 29.8 Å². The second kappa shape index (κ2) is 5.52. The third-order valence-electron chi connectivity index (χ3n) is 3.62. The Hall–Kier alpha value is -1.06. The minimum atomic E-state index is 0.285. The van der Waals surface area contributed by atoms with E-state index in [4.69, 9.17) is 0 Å². The molecule has 3 nitrogen and oxygen atoms in total. The van der Waals surface area contributed by atoms with E-state index < -0.39 is 0 Å². The minimum Gasteiger partial charge on any atom is -0.508 e. The summed E-state index contributed by atoms with van der Waals surface area (Å²) in [6, 6.07) is 8.35. The van der Waals surface area contributed by atoms with Crippen molar-refractivity contribution in [1.29, 1.82) is 0 Å². The van der Waals surface area contributed by atoms with Crippen LogP contribution in [0.4, 0.5) is 0 Å². The summed E-state index contributed by atoms with van der Waals surface area (Å²) in [6.07, 6.45) is 1.17. The molecule has 1 aromatic carbocycles. The first kappa shape index (κ1) is 12.4. The van der Waals surface area contributed by atoms with Crippen LogP contribution in [-0.2, 0) is 0 Å². The molecule has 0 amide bonds. The van der Waals surface area contributed by atoms with Crippen molar-refractivity contribution >= 4 is 0 Å². The zero-order valence-corrected chi connectivity index (χ0v) is 10.6. The van der Waals surface area contributed by atoms with Crippen LogP contribution in [0.3, 0.4) is 0 Å². The van der Waals surface area contributed by atoms with E-state index >= 15 is 0 Å². The number of hydrogen-bond donors (Lipinski definition) is 3. The van der Waals surface area contributed by atoms with Gasteiger partial charge in [-0.25, -0.2) is 0 Å². The van der Waals surface area contributed by atoms with Crippen LogP contribution in [-0.4, -0.2) is 24.2 Å². The molecule has 3 heteroatoms. The van der Waals surface area contributed by atoms with Crippen LogP contribution in [0.15, 0.2) is 24.3 Å². The van der Waals surface area contributed by atoms with Crippen LogP contribution in [0.1, 0.15) is 31.9 Å². The summed E-state index contributed by atoms with van der Waals surface area (Å²) < 4.78 is 0. The van der Waals surface area contributed by atoms with Gasteiger partial charge in [-0.05, 0) is 50.0 Å². The Bertz CT molecular complexity index is 367. The highest BCUT2D eigenvalue weighted by Gasteiger charge is 2.22. The Balaban J connectivity index is 1.98. The molecule has 0 aliphatic carbocycles. The molecule has 0 saturated carbocycles. The van der Waals surface area contributed by atoms with Gasteiger partial charge < -0.3 is 15.7 Å². The van der Waals surface area contributed by atoms with Gasteiger partial charge in [-0.2, -0.15) is 0 Å². The van der Waals surface area contributed by atoms with Crippen molar-refractivity contribution < 1.29 is 5.11 Å². The average molecular weight is 234 g/mol. The van der Waals surface area contributed by atoms with E-state index in [0.29, 0.717) is 17.7 Å². The molecule has 1 heterocycles. The zero-order chi connectivity index (χ0) is 12.3. The maximum atomic E-state index is 9.48. The fourth-order valence-electron chi connectivity index (χ4n) is 2.47. The monoisotopic (exact) mass is 234 g/mol. The van der Waals surface area contributed by atoms with Crippen molar-refractivity contribution in [1.82, 2.24) is 10.6 Å². The molecule has 1 aromatic rings. The highest BCUT2D eigenvalue weighted by molar-refractivity contribution is 5.29. The van der Waals surface area contributed by atoms with Crippen molar-refractivity contribution in [2.75, 3.05) is 13.1 Å². The third kappa shape index (κ3) is 3.20. The van der Waals surface area contributed by atoms with Gasteiger partial charge in [0.05, 0.1) is 0 Å². The van der Waals surface area contributed by atoms with Gasteiger partial charge in [0.25, 0.3) is 0 Å². The molecule has 1 saturated heterocycles. The quantitative estimate of drug-likeness (QED) is 0.750. The lowest BCUT2D eigenvalue weighted by molar-refractivity contribution is 0.278. The van der Waals surface area contributed by atoms with E-state index in [0.717, 1.165) is 18.7 Å². The molecule has 17 heavy (non-hydrogen) atoms. The van der Waals surface area contributed by atoms with E-state index in [1.54, 1.807) is 6.07 Å². The smallest absolute Gasteiger partial charge is 0.115 e. The SMILES string of the molecule is CC(NC1CCNCC1C)c1cccc(O)c1. The number of rotatable bonds is 3. The standard InChI is InChI=1S/C14H22N2O/c1-10-9-15-7-6-14(10)16-11(2)12-4-3-5-13(17)8-12/h3-5,8,10-11,14-17H,6-7,9H2,1-2H3. The maximum Gasteiger partial charge on any atom is 0.115 e. The lowest BCUT2D eigenvalue weighted by Gasteiger charge is -2.33. The second-order valence-corrected chi connectivity index (χ2v) is 5.06. The average Bonchev–Trinajstić information content (AvgIpc) is 2.32. The van der Waals surface area contributed by atoms with E-state index in [2.05, 4.69) is 30.5 Å². The van der Waals surface area contributed by atoms with E-state index in [1.807, 2.05) is 12.1 Å². The van der Waals surface area contributed by atoms with Crippen LogP contribution >= 0.6 is 0 Å². The molecule has 3 N–H and O–H groups in total. The predicted octanol–water partition coefficient (Wildman–Crippen LogP) is 2.04. The first-order chi connectivity index (χ1) is 8.16. The number of benzene rings is 1. The first-order valence-corrected chi connectivity index (χ1v) is 6.42. The molecule has 94 valence electrons. The number of hydrogen-bond acceptors (Lipinski definition) is 3. The van der Waals surface area contributed by atoms with Gasteiger partial charge in [-0.1, -0.05) is 19.1 Å². The van der Waals surface area contributed by atoms with Crippen LogP contribution in [0.2, 0.25) is 0 Å². The molecular weight excluding hydrogens is 212 g/mol.